The zero-order chi connectivity index (χ0) is 21.1. The maximum Gasteiger partial charge on any atom is 0.261 e. The van der Waals surface area contributed by atoms with E-state index in [4.69, 9.17) is 0 Å². The number of carbonyl (C=O) groups excluding carboxylic acids is 2. The molecule has 4 rings (SSSR count). The van der Waals surface area contributed by atoms with Crippen LogP contribution in [0.25, 0.3) is 10.1 Å². The Morgan fingerprint density at radius 3 is 2.83 bits per heavy atom. The Bertz CT molecular complexity index is 1030. The van der Waals surface area contributed by atoms with Gasteiger partial charge in [0, 0.05) is 35.7 Å². The topological polar surface area (TPSA) is 67.2 Å². The molecule has 0 aliphatic carbocycles. The average Bonchev–Trinajstić information content (AvgIpc) is 3.36. The average molecular weight is 425 g/mol. The first-order valence-electron chi connectivity index (χ1n) is 10.6. The molecule has 30 heavy (non-hydrogen) atoms. The van der Waals surface area contributed by atoms with Crippen molar-refractivity contribution in [1.29, 1.82) is 0 Å². The summed E-state index contributed by atoms with van der Waals surface area (Å²) in [5, 5.41) is 8.34. The number of benzene rings is 1. The zero-order valence-electron chi connectivity index (χ0n) is 17.5. The van der Waals surface area contributed by atoms with Crippen molar-refractivity contribution in [1.82, 2.24) is 20.0 Å². The largest absolute Gasteiger partial charge is 0.349 e. The van der Waals surface area contributed by atoms with Crippen LogP contribution in [-0.4, -0.2) is 45.1 Å². The highest BCUT2D eigenvalue weighted by atomic mass is 32.1. The first kappa shape index (κ1) is 20.6. The Kier molecular flexibility index (Phi) is 6.18. The molecule has 1 saturated heterocycles. The molecule has 7 heteroatoms. The number of amides is 2. The molecule has 3 heterocycles. The number of nitrogens with zero attached hydrogens (tertiary/aromatic N) is 3. The molecule has 158 valence electrons. The standard InChI is InChI=1S/C23H28N4O2S/c1-16(2)25-23(29)22-19(18-9-3-4-10-20(18)30-22)14-17-8-5-6-13-27(17)21(28)15-26-12-7-11-24-26/h3-4,7,9-12,16-17H,5-6,8,13-15H2,1-2H3,(H,25,29)/t17-/m0/s1. The minimum Gasteiger partial charge on any atom is -0.349 e. The Hall–Kier alpha value is -2.67. The molecule has 0 unspecified atom stereocenters. The molecule has 2 aromatic heterocycles. The van der Waals surface area contributed by atoms with E-state index in [0.29, 0.717) is 6.42 Å². The van der Waals surface area contributed by atoms with Gasteiger partial charge in [-0.25, -0.2) is 0 Å². The van der Waals surface area contributed by atoms with E-state index in [1.54, 1.807) is 22.2 Å². The normalized spacial score (nSPS) is 16.9. The van der Waals surface area contributed by atoms with Gasteiger partial charge in [0.1, 0.15) is 6.54 Å². The maximum atomic E-state index is 13.0. The number of hydrogen-bond acceptors (Lipinski definition) is 4. The van der Waals surface area contributed by atoms with Crippen molar-refractivity contribution in [2.75, 3.05) is 6.54 Å². The summed E-state index contributed by atoms with van der Waals surface area (Å²) in [5.41, 5.74) is 1.07. The van der Waals surface area contributed by atoms with E-state index in [-0.39, 0.29) is 30.4 Å². The number of fused-ring (bicyclic) bond motifs is 1. The second-order valence-corrected chi connectivity index (χ2v) is 9.23. The molecule has 0 spiro atoms. The fourth-order valence-corrected chi connectivity index (χ4v) is 5.35. The predicted octanol–water partition coefficient (Wildman–Crippen LogP) is 3.86. The van der Waals surface area contributed by atoms with Crippen molar-refractivity contribution in [3.05, 3.63) is 53.2 Å². The van der Waals surface area contributed by atoms with Gasteiger partial charge in [-0.15, -0.1) is 11.3 Å². The van der Waals surface area contributed by atoms with E-state index in [2.05, 4.69) is 22.5 Å². The van der Waals surface area contributed by atoms with Crippen LogP contribution in [0, 0.1) is 0 Å². The first-order chi connectivity index (χ1) is 14.5. The van der Waals surface area contributed by atoms with Gasteiger partial charge in [-0.05, 0) is 62.6 Å². The van der Waals surface area contributed by atoms with E-state index in [0.717, 1.165) is 46.3 Å². The first-order valence-corrected chi connectivity index (χ1v) is 11.4. The summed E-state index contributed by atoms with van der Waals surface area (Å²) in [4.78, 5) is 28.7. The molecule has 1 atom stereocenters. The molecule has 0 saturated carbocycles. The molecule has 1 aliphatic rings. The second-order valence-electron chi connectivity index (χ2n) is 8.18. The number of aromatic nitrogens is 2. The summed E-state index contributed by atoms with van der Waals surface area (Å²) in [7, 11) is 0. The summed E-state index contributed by atoms with van der Waals surface area (Å²) >= 11 is 1.55. The van der Waals surface area contributed by atoms with Gasteiger partial charge < -0.3 is 10.2 Å². The van der Waals surface area contributed by atoms with E-state index < -0.39 is 0 Å². The van der Waals surface area contributed by atoms with Gasteiger partial charge >= 0.3 is 0 Å². The number of rotatable bonds is 6. The van der Waals surface area contributed by atoms with Gasteiger partial charge in [0.2, 0.25) is 5.91 Å². The van der Waals surface area contributed by atoms with Crippen molar-refractivity contribution >= 4 is 33.2 Å². The monoisotopic (exact) mass is 424 g/mol. The summed E-state index contributed by atoms with van der Waals surface area (Å²) in [6.07, 6.45) is 7.30. The minimum absolute atomic E-state index is 0.0218. The summed E-state index contributed by atoms with van der Waals surface area (Å²) in [6, 6.07) is 10.2. The highest BCUT2D eigenvalue weighted by molar-refractivity contribution is 7.21. The summed E-state index contributed by atoms with van der Waals surface area (Å²) in [6.45, 7) is 4.97. The molecule has 6 nitrogen and oxygen atoms in total. The van der Waals surface area contributed by atoms with Crippen molar-refractivity contribution in [2.45, 2.75) is 58.2 Å². The van der Waals surface area contributed by atoms with E-state index in [9.17, 15) is 9.59 Å². The lowest BCUT2D eigenvalue weighted by molar-refractivity contribution is -0.135. The van der Waals surface area contributed by atoms with Crippen molar-refractivity contribution < 1.29 is 9.59 Å². The highest BCUT2D eigenvalue weighted by Crippen LogP contribution is 2.34. The fraction of sp³-hybridized carbons (Fsp3) is 0.435. The highest BCUT2D eigenvalue weighted by Gasteiger charge is 2.30. The summed E-state index contributed by atoms with van der Waals surface area (Å²) < 4.78 is 2.79. The van der Waals surface area contributed by atoms with Crippen LogP contribution >= 0.6 is 11.3 Å². The van der Waals surface area contributed by atoms with Gasteiger partial charge in [-0.1, -0.05) is 18.2 Å². The third-order valence-corrected chi connectivity index (χ3v) is 6.78. The molecule has 0 bridgehead atoms. The lowest BCUT2D eigenvalue weighted by Crippen LogP contribution is -2.46. The Morgan fingerprint density at radius 1 is 1.23 bits per heavy atom. The second kappa shape index (κ2) is 9.00. The molecule has 1 N–H and O–H groups in total. The maximum absolute atomic E-state index is 13.0. The molecular formula is C23H28N4O2S. The molecule has 1 aliphatic heterocycles. The van der Waals surface area contributed by atoms with Crippen LogP contribution in [0.3, 0.4) is 0 Å². The van der Waals surface area contributed by atoms with Crippen LogP contribution in [0.5, 0.6) is 0 Å². The molecule has 1 fully saturated rings. The quantitative estimate of drug-likeness (QED) is 0.653. The number of carbonyl (C=O) groups is 2. The van der Waals surface area contributed by atoms with Gasteiger partial charge in [0.15, 0.2) is 0 Å². The number of thiophene rings is 1. The lowest BCUT2D eigenvalue weighted by Gasteiger charge is -2.36. The Morgan fingerprint density at radius 2 is 2.07 bits per heavy atom. The van der Waals surface area contributed by atoms with Crippen LogP contribution in [0.4, 0.5) is 0 Å². The van der Waals surface area contributed by atoms with E-state index in [1.807, 2.05) is 43.1 Å². The lowest BCUT2D eigenvalue weighted by atomic mass is 9.93. The van der Waals surface area contributed by atoms with Crippen LogP contribution in [0.1, 0.15) is 48.3 Å². The SMILES string of the molecule is CC(C)NC(=O)c1sc2ccccc2c1C[C@@H]1CCCCN1C(=O)Cn1cccn1. The number of hydrogen-bond donors (Lipinski definition) is 1. The molecule has 0 radical (unpaired) electrons. The van der Waals surface area contributed by atoms with Crippen molar-refractivity contribution in [3.63, 3.8) is 0 Å². The number of nitrogens with one attached hydrogen (secondary N) is 1. The fourth-order valence-electron chi connectivity index (χ4n) is 4.21. The van der Waals surface area contributed by atoms with Gasteiger partial charge in [-0.3, -0.25) is 14.3 Å². The van der Waals surface area contributed by atoms with E-state index >= 15 is 0 Å². The minimum atomic E-state index is -0.0218. The molecule has 2 amide bonds. The van der Waals surface area contributed by atoms with Crippen LogP contribution in [0.15, 0.2) is 42.7 Å². The van der Waals surface area contributed by atoms with Gasteiger partial charge in [0.05, 0.1) is 4.88 Å². The van der Waals surface area contributed by atoms with Crippen LogP contribution < -0.4 is 5.32 Å². The Labute approximate surface area is 180 Å². The van der Waals surface area contributed by atoms with Crippen molar-refractivity contribution in [3.8, 4) is 0 Å². The molecular weight excluding hydrogens is 396 g/mol. The number of likely N-dealkylation sites (tertiary alicyclic amines) is 1. The van der Waals surface area contributed by atoms with Gasteiger partial charge in [-0.2, -0.15) is 5.10 Å². The number of piperidine rings is 1. The third kappa shape index (κ3) is 4.41. The van der Waals surface area contributed by atoms with Gasteiger partial charge in [0.25, 0.3) is 5.91 Å². The smallest absolute Gasteiger partial charge is 0.261 e. The van der Waals surface area contributed by atoms with E-state index in [1.165, 1.54) is 0 Å². The van der Waals surface area contributed by atoms with Crippen LogP contribution in [0.2, 0.25) is 0 Å². The molecule has 3 aromatic rings. The van der Waals surface area contributed by atoms with Crippen LogP contribution in [-0.2, 0) is 17.8 Å². The zero-order valence-corrected chi connectivity index (χ0v) is 18.3. The third-order valence-electron chi connectivity index (χ3n) is 5.57. The van der Waals surface area contributed by atoms with Crippen molar-refractivity contribution in [2.24, 2.45) is 0 Å². The summed E-state index contributed by atoms with van der Waals surface area (Å²) in [5.74, 6) is 0.0718. The molecule has 1 aromatic carbocycles. The Balaban J connectivity index is 1.62. The predicted molar refractivity (Wildman–Crippen MR) is 120 cm³/mol.